The number of rotatable bonds is 4. The summed E-state index contributed by atoms with van der Waals surface area (Å²) < 4.78 is 37.9. The van der Waals surface area contributed by atoms with Crippen molar-refractivity contribution in [3.63, 3.8) is 0 Å². The summed E-state index contributed by atoms with van der Waals surface area (Å²) in [5.74, 6) is 0. The molecule has 0 radical (unpaired) electrons. The standard InChI is InChI=1S/C8H11BrF3N3/c1-6(2-13-5-8(10,11)12)15-4-7(9)3-14-15/h3-4,6,13H,2,5H2,1H3. The second-order valence-corrected chi connectivity index (χ2v) is 4.15. The quantitative estimate of drug-likeness (QED) is 0.920. The molecule has 0 aliphatic carbocycles. The Morgan fingerprint density at radius 3 is 2.73 bits per heavy atom. The summed E-state index contributed by atoms with van der Waals surface area (Å²) in [4.78, 5) is 0. The Bertz CT molecular complexity index is 310. The number of alkyl halides is 3. The second-order valence-electron chi connectivity index (χ2n) is 3.23. The van der Waals surface area contributed by atoms with Gasteiger partial charge in [0.05, 0.1) is 23.3 Å². The fourth-order valence-electron chi connectivity index (χ4n) is 1.07. The first-order valence-electron chi connectivity index (χ1n) is 4.35. The summed E-state index contributed by atoms with van der Waals surface area (Å²) >= 11 is 3.22. The average Bonchev–Trinajstić information content (AvgIpc) is 2.49. The van der Waals surface area contributed by atoms with E-state index in [2.05, 4.69) is 26.3 Å². The summed E-state index contributed by atoms with van der Waals surface area (Å²) in [6.07, 6.45) is -0.843. The summed E-state index contributed by atoms with van der Waals surface area (Å²) in [7, 11) is 0. The van der Waals surface area contributed by atoms with Crippen molar-refractivity contribution in [1.82, 2.24) is 15.1 Å². The lowest BCUT2D eigenvalue weighted by Crippen LogP contribution is -2.32. The van der Waals surface area contributed by atoms with Gasteiger partial charge in [-0.15, -0.1) is 0 Å². The molecule has 86 valence electrons. The van der Waals surface area contributed by atoms with Gasteiger partial charge in [0.1, 0.15) is 0 Å². The third-order valence-corrected chi connectivity index (χ3v) is 2.20. The van der Waals surface area contributed by atoms with Gasteiger partial charge in [0, 0.05) is 12.7 Å². The largest absolute Gasteiger partial charge is 0.401 e. The van der Waals surface area contributed by atoms with Crippen LogP contribution in [0.15, 0.2) is 16.9 Å². The van der Waals surface area contributed by atoms with Crippen molar-refractivity contribution in [3.8, 4) is 0 Å². The Labute approximate surface area is 93.8 Å². The van der Waals surface area contributed by atoms with Crippen molar-refractivity contribution < 1.29 is 13.2 Å². The van der Waals surface area contributed by atoms with Crippen LogP contribution < -0.4 is 5.32 Å². The molecule has 0 saturated carbocycles. The van der Waals surface area contributed by atoms with E-state index >= 15 is 0 Å². The molecule has 0 aliphatic rings. The van der Waals surface area contributed by atoms with Gasteiger partial charge in [-0.1, -0.05) is 0 Å². The Kier molecular flexibility index (Phi) is 4.15. The highest BCUT2D eigenvalue weighted by atomic mass is 79.9. The van der Waals surface area contributed by atoms with Crippen LogP contribution in [0, 0.1) is 0 Å². The molecule has 3 nitrogen and oxygen atoms in total. The molecular weight excluding hydrogens is 275 g/mol. The molecule has 7 heteroatoms. The monoisotopic (exact) mass is 285 g/mol. The van der Waals surface area contributed by atoms with Gasteiger partial charge >= 0.3 is 6.18 Å². The topological polar surface area (TPSA) is 29.9 Å². The van der Waals surface area contributed by atoms with Crippen molar-refractivity contribution >= 4 is 15.9 Å². The zero-order valence-corrected chi connectivity index (χ0v) is 9.64. The van der Waals surface area contributed by atoms with E-state index in [4.69, 9.17) is 0 Å². The van der Waals surface area contributed by atoms with Crippen LogP contribution in [-0.2, 0) is 0 Å². The van der Waals surface area contributed by atoms with Gasteiger partial charge in [-0.2, -0.15) is 18.3 Å². The van der Waals surface area contributed by atoms with E-state index in [1.807, 2.05) is 0 Å². The van der Waals surface area contributed by atoms with E-state index in [0.717, 1.165) is 4.47 Å². The summed E-state index contributed by atoms with van der Waals surface area (Å²) in [6.45, 7) is 1.05. The molecule has 0 aliphatic heterocycles. The highest BCUT2D eigenvalue weighted by Gasteiger charge is 2.26. The van der Waals surface area contributed by atoms with E-state index in [1.54, 1.807) is 24.0 Å². The Hall–Kier alpha value is -0.560. The minimum absolute atomic E-state index is 0.112. The van der Waals surface area contributed by atoms with E-state index in [1.165, 1.54) is 0 Å². The number of aromatic nitrogens is 2. The maximum Gasteiger partial charge on any atom is 0.401 e. The lowest BCUT2D eigenvalue weighted by atomic mass is 10.3. The maximum absolute atomic E-state index is 11.8. The predicted molar refractivity (Wildman–Crippen MR) is 53.6 cm³/mol. The third kappa shape index (κ3) is 4.65. The van der Waals surface area contributed by atoms with Crippen LogP contribution in [0.1, 0.15) is 13.0 Å². The molecule has 15 heavy (non-hydrogen) atoms. The van der Waals surface area contributed by atoms with Crippen LogP contribution in [0.5, 0.6) is 0 Å². The molecule has 1 atom stereocenters. The number of nitrogens with one attached hydrogen (secondary N) is 1. The van der Waals surface area contributed by atoms with Crippen LogP contribution in [0.25, 0.3) is 0 Å². The molecule has 0 saturated heterocycles. The first-order chi connectivity index (χ1) is 6.88. The van der Waals surface area contributed by atoms with Crippen LogP contribution in [-0.4, -0.2) is 29.0 Å². The van der Waals surface area contributed by atoms with Gasteiger partial charge in [0.25, 0.3) is 0 Å². The van der Waals surface area contributed by atoms with Crippen LogP contribution >= 0.6 is 15.9 Å². The predicted octanol–water partition coefficient (Wildman–Crippen LogP) is 2.36. The van der Waals surface area contributed by atoms with Gasteiger partial charge in [-0.05, 0) is 22.9 Å². The number of hydrogen-bond acceptors (Lipinski definition) is 2. The third-order valence-electron chi connectivity index (χ3n) is 1.79. The highest BCUT2D eigenvalue weighted by molar-refractivity contribution is 9.10. The molecule has 1 rings (SSSR count). The molecule has 0 spiro atoms. The zero-order chi connectivity index (χ0) is 11.5. The van der Waals surface area contributed by atoms with Crippen LogP contribution in [0.2, 0.25) is 0 Å². The van der Waals surface area contributed by atoms with Gasteiger partial charge < -0.3 is 5.32 Å². The Morgan fingerprint density at radius 2 is 2.27 bits per heavy atom. The van der Waals surface area contributed by atoms with E-state index in [-0.39, 0.29) is 12.6 Å². The molecule has 0 aromatic carbocycles. The molecule has 1 N–H and O–H groups in total. The molecular formula is C8H11BrF3N3. The Morgan fingerprint density at radius 1 is 1.60 bits per heavy atom. The van der Waals surface area contributed by atoms with Crippen molar-refractivity contribution in [2.75, 3.05) is 13.1 Å². The first kappa shape index (κ1) is 12.5. The van der Waals surface area contributed by atoms with Gasteiger partial charge in [0.15, 0.2) is 0 Å². The number of halogens is 4. The minimum atomic E-state index is -4.16. The molecule has 0 bridgehead atoms. The average molecular weight is 286 g/mol. The van der Waals surface area contributed by atoms with Crippen LogP contribution in [0.3, 0.4) is 0 Å². The zero-order valence-electron chi connectivity index (χ0n) is 8.05. The Balaban J connectivity index is 2.34. The molecule has 1 unspecified atom stereocenters. The smallest absolute Gasteiger partial charge is 0.307 e. The normalized spacial score (nSPS) is 14.2. The lowest BCUT2D eigenvalue weighted by Gasteiger charge is -2.14. The molecule has 0 fully saturated rings. The van der Waals surface area contributed by atoms with Crippen molar-refractivity contribution in [1.29, 1.82) is 0 Å². The fourth-order valence-corrected chi connectivity index (χ4v) is 1.37. The highest BCUT2D eigenvalue weighted by Crippen LogP contribution is 2.13. The molecule has 1 aromatic heterocycles. The van der Waals surface area contributed by atoms with E-state index in [0.29, 0.717) is 0 Å². The molecule has 1 aromatic rings. The summed E-state index contributed by atoms with van der Waals surface area (Å²) in [6, 6.07) is -0.112. The second kappa shape index (κ2) is 4.98. The van der Waals surface area contributed by atoms with Gasteiger partial charge in [-0.3, -0.25) is 4.68 Å². The SMILES string of the molecule is CC(CNCC(F)(F)F)n1cc(Br)cn1. The minimum Gasteiger partial charge on any atom is -0.307 e. The fraction of sp³-hybridized carbons (Fsp3) is 0.625. The first-order valence-corrected chi connectivity index (χ1v) is 5.15. The van der Waals surface area contributed by atoms with Gasteiger partial charge in [0.2, 0.25) is 0 Å². The van der Waals surface area contributed by atoms with Crippen molar-refractivity contribution in [2.24, 2.45) is 0 Å². The maximum atomic E-state index is 11.8. The number of nitrogens with zero attached hydrogens (tertiary/aromatic N) is 2. The summed E-state index contributed by atoms with van der Waals surface area (Å²) in [5.41, 5.74) is 0. The van der Waals surface area contributed by atoms with Crippen molar-refractivity contribution in [2.45, 2.75) is 19.1 Å². The summed E-state index contributed by atoms with van der Waals surface area (Å²) in [5, 5.41) is 6.31. The molecule has 0 amide bonds. The van der Waals surface area contributed by atoms with E-state index in [9.17, 15) is 13.2 Å². The van der Waals surface area contributed by atoms with Crippen molar-refractivity contribution in [3.05, 3.63) is 16.9 Å². The van der Waals surface area contributed by atoms with Gasteiger partial charge in [-0.25, -0.2) is 0 Å². The molecule has 1 heterocycles. The number of hydrogen-bond donors (Lipinski definition) is 1. The lowest BCUT2D eigenvalue weighted by molar-refractivity contribution is -0.124. The van der Waals surface area contributed by atoms with E-state index < -0.39 is 12.7 Å². The van der Waals surface area contributed by atoms with Crippen LogP contribution in [0.4, 0.5) is 13.2 Å².